The summed E-state index contributed by atoms with van der Waals surface area (Å²) in [7, 11) is 0. The summed E-state index contributed by atoms with van der Waals surface area (Å²) in [5.74, 6) is 0. The summed E-state index contributed by atoms with van der Waals surface area (Å²) in [6, 6.07) is 0. The fraction of sp³-hybridized carbons (Fsp3) is 1.00. The van der Waals surface area contributed by atoms with E-state index in [1.807, 2.05) is 0 Å². The molecule has 0 saturated carbocycles. The Morgan fingerprint density at radius 1 is 0.889 bits per heavy atom. The third kappa shape index (κ3) is 6.72. The Labute approximate surface area is 113 Å². The van der Waals surface area contributed by atoms with Crippen LogP contribution in [0.3, 0.4) is 0 Å². The van der Waals surface area contributed by atoms with Crippen LogP contribution < -0.4 is 0 Å². The Balaban J connectivity index is 4.23. The number of aliphatic hydroxyl groups excluding tert-OH is 1. The first kappa shape index (κ1) is 17.9. The van der Waals surface area contributed by atoms with Gasteiger partial charge >= 0.3 is 0 Å². The molecule has 0 spiro atoms. The summed E-state index contributed by atoms with van der Waals surface area (Å²) in [6.07, 6.45) is 3.54. The molecule has 0 amide bonds. The predicted octanol–water partition coefficient (Wildman–Crippen LogP) is 3.13. The van der Waals surface area contributed by atoms with Crippen LogP contribution in [0.4, 0.5) is 0 Å². The van der Waals surface area contributed by atoms with Gasteiger partial charge in [-0.15, -0.1) is 0 Å². The molecule has 0 aromatic carbocycles. The summed E-state index contributed by atoms with van der Waals surface area (Å²) >= 11 is 0. The van der Waals surface area contributed by atoms with Gasteiger partial charge in [-0.2, -0.15) is 0 Å². The van der Waals surface area contributed by atoms with Gasteiger partial charge in [0.1, 0.15) is 0 Å². The normalized spacial score (nSPS) is 14.0. The Kier molecular flexibility index (Phi) is 6.83. The Morgan fingerprint density at radius 3 is 1.89 bits per heavy atom. The van der Waals surface area contributed by atoms with Crippen LogP contribution in [-0.2, 0) is 4.74 Å². The standard InChI is InChI=1S/C15H32O3/c1-13(2,9-7-8-11-16)15(5,6)18-12-10-14(3,4)17/h16-17H,7-12H2,1-6H3. The molecule has 3 heteroatoms. The van der Waals surface area contributed by atoms with E-state index in [1.54, 1.807) is 13.8 Å². The fourth-order valence-electron chi connectivity index (χ4n) is 1.73. The zero-order valence-electron chi connectivity index (χ0n) is 13.0. The van der Waals surface area contributed by atoms with E-state index in [0.29, 0.717) is 13.0 Å². The van der Waals surface area contributed by atoms with E-state index in [4.69, 9.17) is 9.84 Å². The van der Waals surface area contributed by atoms with Crippen LogP contribution in [0.1, 0.15) is 67.2 Å². The molecular formula is C15H32O3. The monoisotopic (exact) mass is 260 g/mol. The van der Waals surface area contributed by atoms with E-state index in [2.05, 4.69) is 27.7 Å². The minimum atomic E-state index is -0.670. The van der Waals surface area contributed by atoms with E-state index < -0.39 is 5.60 Å². The van der Waals surface area contributed by atoms with Gasteiger partial charge in [0, 0.05) is 6.61 Å². The number of hydrogen-bond donors (Lipinski definition) is 2. The molecule has 0 fully saturated rings. The summed E-state index contributed by atoms with van der Waals surface area (Å²) in [4.78, 5) is 0. The minimum Gasteiger partial charge on any atom is -0.396 e. The molecule has 0 saturated heterocycles. The highest BCUT2D eigenvalue weighted by molar-refractivity contribution is 4.87. The van der Waals surface area contributed by atoms with E-state index in [1.165, 1.54) is 0 Å². The van der Waals surface area contributed by atoms with Crippen LogP contribution in [0.5, 0.6) is 0 Å². The molecule has 0 aromatic heterocycles. The van der Waals surface area contributed by atoms with Crippen molar-refractivity contribution in [3.8, 4) is 0 Å². The third-order valence-electron chi connectivity index (χ3n) is 4.02. The highest BCUT2D eigenvalue weighted by Crippen LogP contribution is 2.38. The van der Waals surface area contributed by atoms with Crippen molar-refractivity contribution < 1.29 is 14.9 Å². The van der Waals surface area contributed by atoms with Gasteiger partial charge in [0.25, 0.3) is 0 Å². The molecule has 0 unspecified atom stereocenters. The van der Waals surface area contributed by atoms with E-state index >= 15 is 0 Å². The fourth-order valence-corrected chi connectivity index (χ4v) is 1.73. The van der Waals surface area contributed by atoms with Gasteiger partial charge in [-0.3, -0.25) is 0 Å². The average molecular weight is 260 g/mol. The number of unbranched alkanes of at least 4 members (excludes halogenated alkanes) is 1. The van der Waals surface area contributed by atoms with Crippen LogP contribution >= 0.6 is 0 Å². The number of hydrogen-bond acceptors (Lipinski definition) is 3. The summed E-state index contributed by atoms with van der Waals surface area (Å²) in [5.41, 5.74) is -0.841. The lowest BCUT2D eigenvalue weighted by Gasteiger charge is -2.42. The second-order valence-electron chi connectivity index (χ2n) is 6.99. The Morgan fingerprint density at radius 2 is 1.44 bits per heavy atom. The Hall–Kier alpha value is -0.120. The zero-order valence-corrected chi connectivity index (χ0v) is 13.0. The molecule has 2 N–H and O–H groups in total. The molecule has 3 nitrogen and oxygen atoms in total. The van der Waals surface area contributed by atoms with Crippen molar-refractivity contribution in [3.05, 3.63) is 0 Å². The lowest BCUT2D eigenvalue weighted by molar-refractivity contribution is -0.113. The van der Waals surface area contributed by atoms with Crippen molar-refractivity contribution in [3.63, 3.8) is 0 Å². The van der Waals surface area contributed by atoms with Crippen LogP contribution in [0.25, 0.3) is 0 Å². The second kappa shape index (κ2) is 6.88. The van der Waals surface area contributed by atoms with Crippen molar-refractivity contribution in [1.29, 1.82) is 0 Å². The molecule has 0 heterocycles. The topological polar surface area (TPSA) is 49.7 Å². The molecule has 110 valence electrons. The van der Waals surface area contributed by atoms with Crippen molar-refractivity contribution in [2.75, 3.05) is 13.2 Å². The van der Waals surface area contributed by atoms with E-state index in [9.17, 15) is 5.11 Å². The molecule has 0 radical (unpaired) electrons. The molecule has 0 bridgehead atoms. The predicted molar refractivity (Wildman–Crippen MR) is 75.7 cm³/mol. The molecule has 0 aliphatic rings. The lowest BCUT2D eigenvalue weighted by atomic mass is 9.73. The van der Waals surface area contributed by atoms with Gasteiger partial charge in [0.05, 0.1) is 17.8 Å². The van der Waals surface area contributed by atoms with Crippen molar-refractivity contribution in [1.82, 2.24) is 0 Å². The number of rotatable bonds is 9. The lowest BCUT2D eigenvalue weighted by Crippen LogP contribution is -2.42. The summed E-state index contributed by atoms with van der Waals surface area (Å²) < 4.78 is 5.98. The first-order chi connectivity index (χ1) is 8.02. The van der Waals surface area contributed by atoms with Gasteiger partial charge in [-0.1, -0.05) is 20.3 Å². The largest absolute Gasteiger partial charge is 0.396 e. The quantitative estimate of drug-likeness (QED) is 0.626. The highest BCUT2D eigenvalue weighted by Gasteiger charge is 2.37. The SMILES string of the molecule is CC(C)(O)CCOC(C)(C)C(C)(C)CCCCO. The smallest absolute Gasteiger partial charge is 0.0677 e. The number of aliphatic hydroxyl groups is 2. The Bertz CT molecular complexity index is 226. The number of ether oxygens (including phenoxy) is 1. The zero-order chi connectivity index (χ0) is 14.4. The van der Waals surface area contributed by atoms with E-state index in [0.717, 1.165) is 19.3 Å². The summed E-state index contributed by atoms with van der Waals surface area (Å²) in [6.45, 7) is 13.1. The third-order valence-corrected chi connectivity index (χ3v) is 4.02. The molecule has 0 rings (SSSR count). The highest BCUT2D eigenvalue weighted by atomic mass is 16.5. The molecule has 18 heavy (non-hydrogen) atoms. The summed E-state index contributed by atoms with van der Waals surface area (Å²) in [5, 5.41) is 18.5. The molecule has 0 aliphatic carbocycles. The van der Waals surface area contributed by atoms with Gasteiger partial charge < -0.3 is 14.9 Å². The van der Waals surface area contributed by atoms with Crippen LogP contribution in [0.2, 0.25) is 0 Å². The van der Waals surface area contributed by atoms with Gasteiger partial charge in [0.2, 0.25) is 0 Å². The maximum absolute atomic E-state index is 9.68. The van der Waals surface area contributed by atoms with Crippen LogP contribution in [0.15, 0.2) is 0 Å². The molecule has 0 aromatic rings. The van der Waals surface area contributed by atoms with Crippen LogP contribution in [0, 0.1) is 5.41 Å². The van der Waals surface area contributed by atoms with E-state index in [-0.39, 0.29) is 17.6 Å². The molecule has 0 aliphatic heterocycles. The first-order valence-corrected chi connectivity index (χ1v) is 6.99. The molecular weight excluding hydrogens is 228 g/mol. The van der Waals surface area contributed by atoms with Crippen LogP contribution in [-0.4, -0.2) is 34.6 Å². The van der Waals surface area contributed by atoms with Crippen molar-refractivity contribution in [2.45, 2.75) is 78.4 Å². The van der Waals surface area contributed by atoms with Gasteiger partial charge in [-0.25, -0.2) is 0 Å². The second-order valence-corrected chi connectivity index (χ2v) is 6.99. The maximum atomic E-state index is 9.68. The minimum absolute atomic E-state index is 0.0573. The molecule has 0 atom stereocenters. The average Bonchev–Trinajstić information content (AvgIpc) is 2.15. The van der Waals surface area contributed by atoms with Gasteiger partial charge in [-0.05, 0) is 52.4 Å². The van der Waals surface area contributed by atoms with Crippen molar-refractivity contribution >= 4 is 0 Å². The van der Waals surface area contributed by atoms with Crippen molar-refractivity contribution in [2.24, 2.45) is 5.41 Å². The first-order valence-electron chi connectivity index (χ1n) is 6.99. The maximum Gasteiger partial charge on any atom is 0.0677 e. The van der Waals surface area contributed by atoms with Gasteiger partial charge in [0.15, 0.2) is 0 Å².